The lowest BCUT2D eigenvalue weighted by atomic mass is 9.94. The zero-order valence-corrected chi connectivity index (χ0v) is 13.5. The Hall–Kier alpha value is -1.84. The first-order valence-corrected chi connectivity index (χ1v) is 8.83. The minimum absolute atomic E-state index is 0.00392. The van der Waals surface area contributed by atoms with E-state index in [-0.39, 0.29) is 11.8 Å². The van der Waals surface area contributed by atoms with Crippen LogP contribution in [0.25, 0.3) is 0 Å². The van der Waals surface area contributed by atoms with Crippen LogP contribution >= 0.6 is 0 Å². The fraction of sp³-hybridized carbons (Fsp3) is 0.579. The summed E-state index contributed by atoms with van der Waals surface area (Å²) in [5.74, 6) is 1.20. The van der Waals surface area contributed by atoms with Crippen molar-refractivity contribution in [1.29, 1.82) is 0 Å². The van der Waals surface area contributed by atoms with Crippen LogP contribution in [0.15, 0.2) is 30.3 Å². The summed E-state index contributed by atoms with van der Waals surface area (Å²) in [6.07, 6.45) is 4.89. The monoisotopic (exact) mass is 312 g/mol. The molecule has 2 saturated heterocycles. The lowest BCUT2D eigenvalue weighted by molar-refractivity contribution is -0.144. The van der Waals surface area contributed by atoms with Crippen molar-refractivity contribution >= 4 is 11.8 Å². The van der Waals surface area contributed by atoms with Crippen LogP contribution < -0.4 is 0 Å². The van der Waals surface area contributed by atoms with E-state index >= 15 is 0 Å². The number of carbonyl (C=O) groups is 2. The largest absolute Gasteiger partial charge is 0.339 e. The van der Waals surface area contributed by atoms with Crippen LogP contribution in [-0.2, 0) is 16.1 Å². The minimum atomic E-state index is -0.00392. The third-order valence-corrected chi connectivity index (χ3v) is 5.76. The fourth-order valence-electron chi connectivity index (χ4n) is 4.50. The molecule has 4 rings (SSSR count). The van der Waals surface area contributed by atoms with Crippen molar-refractivity contribution in [1.82, 2.24) is 9.80 Å². The minimum Gasteiger partial charge on any atom is -0.339 e. The van der Waals surface area contributed by atoms with Crippen LogP contribution in [0.5, 0.6) is 0 Å². The van der Waals surface area contributed by atoms with Crippen molar-refractivity contribution in [3.05, 3.63) is 35.9 Å². The van der Waals surface area contributed by atoms with Gasteiger partial charge in [-0.2, -0.15) is 0 Å². The topological polar surface area (TPSA) is 40.6 Å². The molecular formula is C19H24N2O2. The fourth-order valence-corrected chi connectivity index (χ4v) is 4.50. The Bertz CT molecular complexity index is 601. The zero-order chi connectivity index (χ0) is 15.8. The van der Waals surface area contributed by atoms with Crippen LogP contribution in [0.3, 0.4) is 0 Å². The second-order valence-corrected chi connectivity index (χ2v) is 7.32. The third kappa shape index (κ3) is 2.87. The Morgan fingerprint density at radius 1 is 1.09 bits per heavy atom. The normalized spacial score (nSPS) is 30.1. The molecule has 0 radical (unpaired) electrons. The Labute approximate surface area is 137 Å². The first kappa shape index (κ1) is 14.7. The van der Waals surface area contributed by atoms with E-state index in [1.54, 1.807) is 0 Å². The molecule has 3 atom stereocenters. The van der Waals surface area contributed by atoms with E-state index in [4.69, 9.17) is 0 Å². The SMILES string of the molecule is O=C1CCC(C(=O)N2CC3CCC2C3)CN1Cc1ccccc1. The van der Waals surface area contributed by atoms with Gasteiger partial charge in [-0.15, -0.1) is 0 Å². The number of piperidine rings is 2. The van der Waals surface area contributed by atoms with Gasteiger partial charge in [0, 0.05) is 32.1 Å². The van der Waals surface area contributed by atoms with Gasteiger partial charge in [-0.3, -0.25) is 9.59 Å². The second-order valence-electron chi connectivity index (χ2n) is 7.32. The number of rotatable bonds is 3. The van der Waals surface area contributed by atoms with E-state index in [0.717, 1.165) is 24.4 Å². The van der Waals surface area contributed by atoms with Crippen LogP contribution in [0, 0.1) is 11.8 Å². The summed E-state index contributed by atoms with van der Waals surface area (Å²) in [4.78, 5) is 29.1. The summed E-state index contributed by atoms with van der Waals surface area (Å²) in [6, 6.07) is 10.5. The summed E-state index contributed by atoms with van der Waals surface area (Å²) in [6.45, 7) is 2.16. The number of hydrogen-bond acceptors (Lipinski definition) is 2. The van der Waals surface area contributed by atoms with E-state index in [0.29, 0.717) is 31.5 Å². The molecule has 2 aliphatic heterocycles. The Morgan fingerprint density at radius 3 is 2.61 bits per heavy atom. The lowest BCUT2D eigenvalue weighted by Crippen LogP contribution is -2.48. The lowest BCUT2D eigenvalue weighted by Gasteiger charge is -2.36. The van der Waals surface area contributed by atoms with Gasteiger partial charge in [-0.05, 0) is 37.2 Å². The van der Waals surface area contributed by atoms with Gasteiger partial charge in [0.15, 0.2) is 0 Å². The van der Waals surface area contributed by atoms with Crippen molar-refractivity contribution in [2.75, 3.05) is 13.1 Å². The highest BCUT2D eigenvalue weighted by Gasteiger charge is 2.43. The quantitative estimate of drug-likeness (QED) is 0.860. The predicted molar refractivity (Wildman–Crippen MR) is 87.4 cm³/mol. The van der Waals surface area contributed by atoms with Crippen molar-refractivity contribution < 1.29 is 9.59 Å². The summed E-state index contributed by atoms with van der Waals surface area (Å²) < 4.78 is 0. The van der Waals surface area contributed by atoms with Gasteiger partial charge in [-0.1, -0.05) is 30.3 Å². The Morgan fingerprint density at radius 2 is 1.91 bits per heavy atom. The van der Waals surface area contributed by atoms with E-state index < -0.39 is 0 Å². The van der Waals surface area contributed by atoms with Crippen molar-refractivity contribution in [3.8, 4) is 0 Å². The van der Waals surface area contributed by atoms with Gasteiger partial charge >= 0.3 is 0 Å². The van der Waals surface area contributed by atoms with Crippen molar-refractivity contribution in [2.45, 2.75) is 44.7 Å². The van der Waals surface area contributed by atoms with Gasteiger partial charge in [-0.25, -0.2) is 0 Å². The molecule has 4 heteroatoms. The number of benzene rings is 1. The zero-order valence-electron chi connectivity index (χ0n) is 13.5. The molecule has 2 heterocycles. The molecule has 1 aromatic carbocycles. The molecule has 122 valence electrons. The summed E-state index contributed by atoms with van der Waals surface area (Å²) in [7, 11) is 0. The highest BCUT2D eigenvalue weighted by atomic mass is 16.2. The number of amides is 2. The van der Waals surface area contributed by atoms with E-state index in [9.17, 15) is 9.59 Å². The maximum atomic E-state index is 12.9. The van der Waals surface area contributed by atoms with E-state index in [2.05, 4.69) is 4.90 Å². The molecule has 23 heavy (non-hydrogen) atoms. The number of fused-ring (bicyclic) bond motifs is 2. The standard InChI is InChI=1S/C19H24N2O2/c22-18-9-7-16(13-20(18)11-14-4-2-1-3-5-14)19(23)21-12-15-6-8-17(21)10-15/h1-5,15-17H,6-13H2. The average molecular weight is 312 g/mol. The average Bonchev–Trinajstić information content (AvgIpc) is 3.20. The van der Waals surface area contributed by atoms with Gasteiger partial charge in [0.2, 0.25) is 11.8 Å². The summed E-state index contributed by atoms with van der Waals surface area (Å²) in [5.41, 5.74) is 1.13. The van der Waals surface area contributed by atoms with Crippen LogP contribution in [0.4, 0.5) is 0 Å². The predicted octanol–water partition coefficient (Wildman–Crippen LogP) is 2.44. The third-order valence-electron chi connectivity index (χ3n) is 5.76. The first-order chi connectivity index (χ1) is 11.2. The van der Waals surface area contributed by atoms with Crippen LogP contribution in [0.1, 0.15) is 37.7 Å². The molecule has 1 aromatic rings. The van der Waals surface area contributed by atoms with Gasteiger partial charge < -0.3 is 9.80 Å². The maximum absolute atomic E-state index is 12.9. The molecule has 3 unspecified atom stereocenters. The molecule has 0 aromatic heterocycles. The number of nitrogens with zero attached hydrogens (tertiary/aromatic N) is 2. The Kier molecular flexibility index (Phi) is 3.83. The number of hydrogen-bond donors (Lipinski definition) is 0. The molecule has 1 saturated carbocycles. The molecule has 3 fully saturated rings. The second kappa shape index (κ2) is 5.99. The highest BCUT2D eigenvalue weighted by molar-refractivity contribution is 5.84. The van der Waals surface area contributed by atoms with Gasteiger partial charge in [0.05, 0.1) is 5.92 Å². The molecule has 2 bridgehead atoms. The van der Waals surface area contributed by atoms with Crippen molar-refractivity contribution in [2.24, 2.45) is 11.8 Å². The van der Waals surface area contributed by atoms with Gasteiger partial charge in [0.1, 0.15) is 0 Å². The number of likely N-dealkylation sites (tertiary alicyclic amines) is 2. The molecular weight excluding hydrogens is 288 g/mol. The van der Waals surface area contributed by atoms with Gasteiger partial charge in [0.25, 0.3) is 0 Å². The molecule has 1 aliphatic carbocycles. The summed E-state index contributed by atoms with van der Waals surface area (Å²) in [5, 5.41) is 0. The molecule has 3 aliphatic rings. The number of carbonyl (C=O) groups excluding carboxylic acids is 2. The molecule has 0 N–H and O–H groups in total. The Balaban J connectivity index is 1.42. The van der Waals surface area contributed by atoms with Crippen LogP contribution in [0.2, 0.25) is 0 Å². The maximum Gasteiger partial charge on any atom is 0.227 e. The smallest absolute Gasteiger partial charge is 0.227 e. The highest BCUT2D eigenvalue weighted by Crippen LogP contribution is 2.38. The molecule has 0 spiro atoms. The first-order valence-electron chi connectivity index (χ1n) is 8.83. The molecule has 2 amide bonds. The molecule has 4 nitrogen and oxygen atoms in total. The summed E-state index contributed by atoms with van der Waals surface area (Å²) >= 11 is 0. The van der Waals surface area contributed by atoms with Crippen molar-refractivity contribution in [3.63, 3.8) is 0 Å². The van der Waals surface area contributed by atoms with Crippen LogP contribution in [-0.4, -0.2) is 40.7 Å². The van der Waals surface area contributed by atoms with E-state index in [1.807, 2.05) is 35.2 Å². The van der Waals surface area contributed by atoms with E-state index in [1.165, 1.54) is 19.3 Å².